The highest BCUT2D eigenvalue weighted by Gasteiger charge is 2.08. The minimum absolute atomic E-state index is 0.207. The van der Waals surface area contributed by atoms with Crippen molar-refractivity contribution in [3.8, 4) is 11.8 Å². The van der Waals surface area contributed by atoms with Gasteiger partial charge in [0, 0.05) is 16.7 Å². The highest BCUT2D eigenvalue weighted by Crippen LogP contribution is 2.13. The van der Waals surface area contributed by atoms with E-state index < -0.39 is 5.82 Å². The van der Waals surface area contributed by atoms with Gasteiger partial charge in [-0.25, -0.2) is 4.39 Å². The topological polar surface area (TPSA) is 17.1 Å². The lowest BCUT2D eigenvalue weighted by Crippen LogP contribution is -1.99. The zero-order chi connectivity index (χ0) is 17.5. The van der Waals surface area contributed by atoms with E-state index in [-0.39, 0.29) is 5.78 Å². The van der Waals surface area contributed by atoms with Gasteiger partial charge in [-0.1, -0.05) is 66.4 Å². The number of rotatable bonds is 3. The summed E-state index contributed by atoms with van der Waals surface area (Å²) in [6, 6.07) is 23.0. The zero-order valence-corrected chi connectivity index (χ0v) is 13.4. The molecule has 0 aliphatic heterocycles. The first-order valence-electron chi connectivity index (χ1n) is 7.86. The van der Waals surface area contributed by atoms with Crippen LogP contribution in [0.25, 0.3) is 6.08 Å². The van der Waals surface area contributed by atoms with E-state index in [4.69, 9.17) is 0 Å². The lowest BCUT2D eigenvalue weighted by Gasteiger charge is -2.01. The number of benzene rings is 3. The van der Waals surface area contributed by atoms with Crippen LogP contribution in [0.3, 0.4) is 0 Å². The van der Waals surface area contributed by atoms with Gasteiger partial charge in [-0.05, 0) is 42.0 Å². The van der Waals surface area contributed by atoms with Crippen molar-refractivity contribution >= 4 is 11.9 Å². The Morgan fingerprint density at radius 3 is 2.24 bits per heavy atom. The summed E-state index contributed by atoms with van der Waals surface area (Å²) >= 11 is 0. The average Bonchev–Trinajstić information content (AvgIpc) is 2.66. The number of halogens is 1. The van der Waals surface area contributed by atoms with Crippen molar-refractivity contribution in [3.63, 3.8) is 0 Å². The van der Waals surface area contributed by atoms with Crippen LogP contribution in [0.1, 0.15) is 27.0 Å². The van der Waals surface area contributed by atoms with Crippen molar-refractivity contribution < 1.29 is 9.18 Å². The van der Waals surface area contributed by atoms with Crippen LogP contribution in [-0.2, 0) is 0 Å². The second kappa shape index (κ2) is 7.90. The van der Waals surface area contributed by atoms with Crippen LogP contribution in [-0.4, -0.2) is 5.78 Å². The lowest BCUT2D eigenvalue weighted by molar-refractivity contribution is 0.104. The van der Waals surface area contributed by atoms with Crippen molar-refractivity contribution in [2.45, 2.75) is 0 Å². The molecule has 0 fully saturated rings. The first kappa shape index (κ1) is 16.4. The van der Waals surface area contributed by atoms with Gasteiger partial charge < -0.3 is 0 Å². The SMILES string of the molecule is O=C(/C=C/c1ccccc1)c1ccc(F)cc1C#Cc1ccccc1. The average molecular weight is 326 g/mol. The van der Waals surface area contributed by atoms with E-state index >= 15 is 0 Å². The molecule has 0 spiro atoms. The van der Waals surface area contributed by atoms with Gasteiger partial charge in [0.05, 0.1) is 0 Å². The summed E-state index contributed by atoms with van der Waals surface area (Å²) in [4.78, 5) is 12.5. The molecule has 0 aliphatic carbocycles. The first-order valence-corrected chi connectivity index (χ1v) is 7.86. The molecule has 0 N–H and O–H groups in total. The first-order chi connectivity index (χ1) is 12.2. The molecular formula is C23H15FO. The van der Waals surface area contributed by atoms with Crippen LogP contribution < -0.4 is 0 Å². The number of allylic oxidation sites excluding steroid dienone is 1. The molecular weight excluding hydrogens is 311 g/mol. The Balaban J connectivity index is 1.90. The van der Waals surface area contributed by atoms with Crippen molar-refractivity contribution in [2.75, 3.05) is 0 Å². The van der Waals surface area contributed by atoms with Gasteiger partial charge in [-0.15, -0.1) is 0 Å². The molecule has 0 amide bonds. The smallest absolute Gasteiger partial charge is 0.187 e. The molecule has 0 atom stereocenters. The minimum atomic E-state index is -0.416. The van der Waals surface area contributed by atoms with Crippen molar-refractivity contribution in [3.05, 3.63) is 113 Å². The van der Waals surface area contributed by atoms with Crippen LogP contribution >= 0.6 is 0 Å². The van der Waals surface area contributed by atoms with Gasteiger partial charge in [-0.3, -0.25) is 4.79 Å². The third kappa shape index (κ3) is 4.53. The molecule has 25 heavy (non-hydrogen) atoms. The Bertz CT molecular complexity index is 961. The maximum Gasteiger partial charge on any atom is 0.187 e. The third-order valence-electron chi connectivity index (χ3n) is 3.59. The number of hydrogen-bond donors (Lipinski definition) is 0. The second-order valence-electron chi connectivity index (χ2n) is 5.41. The monoisotopic (exact) mass is 326 g/mol. The van der Waals surface area contributed by atoms with Crippen LogP contribution in [0, 0.1) is 17.7 Å². The van der Waals surface area contributed by atoms with Gasteiger partial charge in [0.2, 0.25) is 0 Å². The zero-order valence-electron chi connectivity index (χ0n) is 13.4. The Morgan fingerprint density at radius 2 is 1.52 bits per heavy atom. The fraction of sp³-hybridized carbons (Fsp3) is 0. The third-order valence-corrected chi connectivity index (χ3v) is 3.59. The predicted octanol–water partition coefficient (Wildman–Crippen LogP) is 5.12. The van der Waals surface area contributed by atoms with Crippen LogP contribution in [0.15, 0.2) is 84.9 Å². The van der Waals surface area contributed by atoms with Gasteiger partial charge in [0.25, 0.3) is 0 Å². The normalized spacial score (nSPS) is 10.3. The van der Waals surface area contributed by atoms with E-state index in [1.807, 2.05) is 60.7 Å². The summed E-state index contributed by atoms with van der Waals surface area (Å²) in [5, 5.41) is 0. The van der Waals surface area contributed by atoms with E-state index in [1.54, 1.807) is 6.08 Å². The number of ketones is 1. The maximum atomic E-state index is 13.6. The van der Waals surface area contributed by atoms with E-state index in [9.17, 15) is 9.18 Å². The summed E-state index contributed by atoms with van der Waals surface area (Å²) in [7, 11) is 0. The molecule has 3 aromatic carbocycles. The number of carbonyl (C=O) groups is 1. The Kier molecular flexibility index (Phi) is 5.19. The molecule has 120 valence electrons. The largest absolute Gasteiger partial charge is 0.289 e. The van der Waals surface area contributed by atoms with Crippen molar-refractivity contribution in [1.82, 2.24) is 0 Å². The van der Waals surface area contributed by atoms with Crippen LogP contribution in [0.5, 0.6) is 0 Å². The molecule has 3 aromatic rings. The number of hydrogen-bond acceptors (Lipinski definition) is 1. The summed E-state index contributed by atoms with van der Waals surface area (Å²) in [6.45, 7) is 0. The summed E-state index contributed by atoms with van der Waals surface area (Å²) in [5.74, 6) is 5.25. The quantitative estimate of drug-likeness (QED) is 0.371. The molecule has 2 heteroatoms. The molecule has 0 bridgehead atoms. The molecule has 0 saturated heterocycles. The van der Waals surface area contributed by atoms with E-state index in [2.05, 4.69) is 11.8 Å². The van der Waals surface area contributed by atoms with E-state index in [0.717, 1.165) is 11.1 Å². The van der Waals surface area contributed by atoms with Gasteiger partial charge in [-0.2, -0.15) is 0 Å². The van der Waals surface area contributed by atoms with Crippen LogP contribution in [0.4, 0.5) is 4.39 Å². The fourth-order valence-corrected chi connectivity index (χ4v) is 2.32. The molecule has 0 aromatic heterocycles. The molecule has 3 rings (SSSR count). The molecule has 1 nitrogen and oxygen atoms in total. The standard InChI is InChI=1S/C23H15FO/c24-21-14-15-22(23(25)16-12-19-9-5-2-6-10-19)20(17-21)13-11-18-7-3-1-4-8-18/h1-10,12,14-17H/b16-12+. The lowest BCUT2D eigenvalue weighted by atomic mass is 10.0. The summed E-state index contributed by atoms with van der Waals surface area (Å²) in [6.07, 6.45) is 3.22. The van der Waals surface area contributed by atoms with Crippen molar-refractivity contribution in [1.29, 1.82) is 0 Å². The molecule has 0 saturated carbocycles. The summed E-state index contributed by atoms with van der Waals surface area (Å²) in [5.41, 5.74) is 2.50. The van der Waals surface area contributed by atoms with Gasteiger partial charge >= 0.3 is 0 Å². The van der Waals surface area contributed by atoms with Gasteiger partial charge in [0.15, 0.2) is 5.78 Å². The Morgan fingerprint density at radius 1 is 0.840 bits per heavy atom. The Labute approximate surface area is 146 Å². The number of carbonyl (C=O) groups excluding carboxylic acids is 1. The maximum absolute atomic E-state index is 13.6. The predicted molar refractivity (Wildman–Crippen MR) is 98.6 cm³/mol. The molecule has 0 heterocycles. The van der Waals surface area contributed by atoms with Crippen molar-refractivity contribution in [2.24, 2.45) is 0 Å². The highest BCUT2D eigenvalue weighted by atomic mass is 19.1. The molecule has 0 radical (unpaired) electrons. The Hall–Kier alpha value is -3.44. The second-order valence-corrected chi connectivity index (χ2v) is 5.41. The molecule has 0 unspecified atom stereocenters. The van der Waals surface area contributed by atoms with E-state index in [0.29, 0.717) is 11.1 Å². The highest BCUT2D eigenvalue weighted by molar-refractivity contribution is 6.08. The fourth-order valence-electron chi connectivity index (χ4n) is 2.32. The van der Waals surface area contributed by atoms with Crippen LogP contribution in [0.2, 0.25) is 0 Å². The van der Waals surface area contributed by atoms with Gasteiger partial charge in [0.1, 0.15) is 5.82 Å². The van der Waals surface area contributed by atoms with E-state index in [1.165, 1.54) is 24.3 Å². The molecule has 0 aliphatic rings. The summed E-state index contributed by atoms with van der Waals surface area (Å²) < 4.78 is 13.6. The minimum Gasteiger partial charge on any atom is -0.289 e.